The van der Waals surface area contributed by atoms with Crippen molar-refractivity contribution in [2.24, 2.45) is 11.3 Å². The van der Waals surface area contributed by atoms with E-state index >= 15 is 0 Å². The molecule has 0 saturated carbocycles. The Labute approximate surface area is 56.8 Å². The van der Waals surface area contributed by atoms with Crippen LogP contribution in [0.2, 0.25) is 0 Å². The summed E-state index contributed by atoms with van der Waals surface area (Å²) in [7, 11) is 0. The molecule has 0 aromatic heterocycles. The molecule has 0 heterocycles. The Morgan fingerprint density at radius 1 is 1.56 bits per heavy atom. The summed E-state index contributed by atoms with van der Waals surface area (Å²) in [4.78, 5) is 10.4. The lowest BCUT2D eigenvalue weighted by molar-refractivity contribution is -0.116. The van der Waals surface area contributed by atoms with Crippen molar-refractivity contribution in [3.05, 3.63) is 12.7 Å². The lowest BCUT2D eigenvalue weighted by Gasteiger charge is -2.21. The predicted octanol–water partition coefficient (Wildman–Crippen LogP) is 2.03. The molecular formula is C8H14O. The van der Waals surface area contributed by atoms with Crippen molar-refractivity contribution in [3.8, 4) is 0 Å². The second-order valence-electron chi connectivity index (χ2n) is 2.96. The average molecular weight is 126 g/mol. The second-order valence-corrected chi connectivity index (χ2v) is 2.96. The van der Waals surface area contributed by atoms with Crippen LogP contribution in [0.15, 0.2) is 12.7 Å². The van der Waals surface area contributed by atoms with E-state index in [0.29, 0.717) is 0 Å². The number of hydrogen-bond acceptors (Lipinski definition) is 1. The zero-order valence-electron chi connectivity index (χ0n) is 6.35. The molecule has 0 fully saturated rings. The van der Waals surface area contributed by atoms with Crippen LogP contribution >= 0.6 is 0 Å². The van der Waals surface area contributed by atoms with Crippen molar-refractivity contribution in [1.82, 2.24) is 0 Å². The third-order valence-electron chi connectivity index (χ3n) is 1.83. The Kier molecular flexibility index (Phi) is 2.63. The fraction of sp³-hybridized carbons (Fsp3) is 0.625. The van der Waals surface area contributed by atoms with Gasteiger partial charge in [0.15, 0.2) is 0 Å². The molecule has 0 aliphatic carbocycles. The normalized spacial score (nSPS) is 14.6. The fourth-order valence-electron chi connectivity index (χ4n) is 0.411. The summed E-state index contributed by atoms with van der Waals surface area (Å²) >= 11 is 0. The minimum Gasteiger partial charge on any atom is -0.303 e. The molecular weight excluding hydrogens is 112 g/mol. The number of carbonyl (C=O) groups is 1. The van der Waals surface area contributed by atoms with Gasteiger partial charge in [-0.3, -0.25) is 0 Å². The van der Waals surface area contributed by atoms with Crippen LogP contribution in [-0.2, 0) is 4.79 Å². The van der Waals surface area contributed by atoms with Crippen molar-refractivity contribution < 1.29 is 4.79 Å². The number of hydrogen-bond donors (Lipinski definition) is 0. The first-order valence-corrected chi connectivity index (χ1v) is 3.13. The summed E-state index contributed by atoms with van der Waals surface area (Å²) in [6.45, 7) is 9.42. The number of allylic oxidation sites excluding steroid dienone is 1. The van der Waals surface area contributed by atoms with E-state index in [4.69, 9.17) is 0 Å². The third kappa shape index (κ3) is 2.00. The van der Waals surface area contributed by atoms with Gasteiger partial charge in [0, 0.05) is 5.41 Å². The van der Waals surface area contributed by atoms with Crippen molar-refractivity contribution in [3.63, 3.8) is 0 Å². The molecule has 0 aliphatic heterocycles. The van der Waals surface area contributed by atoms with E-state index in [1.165, 1.54) is 0 Å². The summed E-state index contributed by atoms with van der Waals surface area (Å²) in [5, 5.41) is 0. The smallest absolute Gasteiger partial charge is 0.126 e. The van der Waals surface area contributed by atoms with Crippen LogP contribution in [-0.4, -0.2) is 6.29 Å². The summed E-state index contributed by atoms with van der Waals surface area (Å²) < 4.78 is 0. The van der Waals surface area contributed by atoms with E-state index in [1.54, 1.807) is 6.08 Å². The van der Waals surface area contributed by atoms with E-state index < -0.39 is 0 Å². The van der Waals surface area contributed by atoms with E-state index in [2.05, 4.69) is 6.58 Å². The number of carbonyl (C=O) groups excluding carboxylic acids is 1. The molecule has 52 valence electrons. The molecule has 0 aliphatic rings. The van der Waals surface area contributed by atoms with Gasteiger partial charge in [-0.25, -0.2) is 0 Å². The first-order chi connectivity index (χ1) is 4.04. The Bertz CT molecular complexity index is 114. The Hall–Kier alpha value is -0.590. The van der Waals surface area contributed by atoms with Gasteiger partial charge in [-0.2, -0.15) is 0 Å². The van der Waals surface area contributed by atoms with Crippen LogP contribution in [0.5, 0.6) is 0 Å². The van der Waals surface area contributed by atoms with Gasteiger partial charge in [-0.05, 0) is 5.92 Å². The first-order valence-electron chi connectivity index (χ1n) is 3.13. The predicted molar refractivity (Wildman–Crippen MR) is 39.2 cm³/mol. The maximum Gasteiger partial charge on any atom is 0.126 e. The zero-order chi connectivity index (χ0) is 7.49. The lowest BCUT2D eigenvalue weighted by Crippen LogP contribution is -2.20. The Morgan fingerprint density at radius 2 is 2.00 bits per heavy atom. The van der Waals surface area contributed by atoms with Crippen molar-refractivity contribution in [2.75, 3.05) is 0 Å². The quantitative estimate of drug-likeness (QED) is 0.417. The molecule has 1 heteroatoms. The molecule has 0 N–H and O–H groups in total. The molecule has 0 radical (unpaired) electrons. The number of rotatable bonds is 3. The van der Waals surface area contributed by atoms with Gasteiger partial charge in [0.1, 0.15) is 6.29 Å². The monoisotopic (exact) mass is 126 g/mol. The molecule has 1 nitrogen and oxygen atoms in total. The first kappa shape index (κ1) is 8.41. The fourth-order valence-corrected chi connectivity index (χ4v) is 0.411. The minimum absolute atomic E-state index is 0.248. The van der Waals surface area contributed by atoms with Crippen molar-refractivity contribution in [2.45, 2.75) is 20.8 Å². The molecule has 1 unspecified atom stereocenters. The topological polar surface area (TPSA) is 17.1 Å². The number of aldehydes is 1. The molecule has 0 aromatic rings. The maximum atomic E-state index is 10.4. The SMILES string of the molecule is C=CC(C)C(C)(C)C=O. The summed E-state index contributed by atoms with van der Waals surface area (Å²) in [6, 6.07) is 0. The second kappa shape index (κ2) is 2.81. The highest BCUT2D eigenvalue weighted by Crippen LogP contribution is 2.23. The molecule has 0 spiro atoms. The van der Waals surface area contributed by atoms with E-state index in [0.717, 1.165) is 6.29 Å². The highest BCUT2D eigenvalue weighted by atomic mass is 16.1. The largest absolute Gasteiger partial charge is 0.303 e. The van der Waals surface area contributed by atoms with Gasteiger partial charge in [-0.15, -0.1) is 6.58 Å². The summed E-state index contributed by atoms with van der Waals surface area (Å²) in [6.07, 6.45) is 2.77. The van der Waals surface area contributed by atoms with Gasteiger partial charge in [0.2, 0.25) is 0 Å². The molecule has 1 atom stereocenters. The third-order valence-corrected chi connectivity index (χ3v) is 1.83. The average Bonchev–Trinajstić information content (AvgIpc) is 1.86. The molecule has 0 aromatic carbocycles. The molecule has 0 amide bonds. The van der Waals surface area contributed by atoms with Crippen molar-refractivity contribution in [1.29, 1.82) is 0 Å². The van der Waals surface area contributed by atoms with Crippen LogP contribution in [0.25, 0.3) is 0 Å². The van der Waals surface area contributed by atoms with Gasteiger partial charge >= 0.3 is 0 Å². The van der Waals surface area contributed by atoms with E-state index in [-0.39, 0.29) is 11.3 Å². The summed E-state index contributed by atoms with van der Waals surface area (Å²) in [5.74, 6) is 0.259. The highest BCUT2D eigenvalue weighted by Gasteiger charge is 2.21. The van der Waals surface area contributed by atoms with Crippen LogP contribution in [0.4, 0.5) is 0 Å². The zero-order valence-corrected chi connectivity index (χ0v) is 6.35. The highest BCUT2D eigenvalue weighted by molar-refractivity contribution is 5.58. The van der Waals surface area contributed by atoms with Crippen LogP contribution in [0.3, 0.4) is 0 Å². The molecule has 9 heavy (non-hydrogen) atoms. The Balaban J connectivity index is 4.11. The van der Waals surface area contributed by atoms with Gasteiger partial charge in [-0.1, -0.05) is 26.8 Å². The molecule has 0 rings (SSSR count). The lowest BCUT2D eigenvalue weighted by atomic mass is 9.82. The van der Waals surface area contributed by atoms with Gasteiger partial charge < -0.3 is 4.79 Å². The van der Waals surface area contributed by atoms with Crippen LogP contribution in [0, 0.1) is 11.3 Å². The van der Waals surface area contributed by atoms with Gasteiger partial charge in [0.05, 0.1) is 0 Å². The van der Waals surface area contributed by atoms with E-state index in [1.807, 2.05) is 20.8 Å². The van der Waals surface area contributed by atoms with Crippen molar-refractivity contribution >= 4 is 6.29 Å². The maximum absolute atomic E-state index is 10.4. The van der Waals surface area contributed by atoms with E-state index in [9.17, 15) is 4.79 Å². The van der Waals surface area contributed by atoms with Crippen LogP contribution in [0.1, 0.15) is 20.8 Å². The van der Waals surface area contributed by atoms with Crippen LogP contribution < -0.4 is 0 Å². The van der Waals surface area contributed by atoms with Gasteiger partial charge in [0.25, 0.3) is 0 Å². The molecule has 0 bridgehead atoms. The molecule has 0 saturated heterocycles. The Morgan fingerprint density at radius 3 is 2.11 bits per heavy atom. The minimum atomic E-state index is -0.248. The summed E-state index contributed by atoms with van der Waals surface area (Å²) in [5.41, 5.74) is -0.248. The standard InChI is InChI=1S/C8H14O/c1-5-7(2)8(3,4)6-9/h5-7H,1H2,2-4H3.